The number of nitrogens with two attached hydrogens (primary N) is 2. The number of nitrogens with zero attached hydrogens (tertiary/aromatic N) is 1. The Hall–Kier alpha value is -2.28. The van der Waals surface area contributed by atoms with E-state index in [2.05, 4.69) is 4.99 Å². The van der Waals surface area contributed by atoms with Crippen LogP contribution in [0.4, 0.5) is 5.69 Å². The molecule has 0 heterocycles. The average Bonchev–Trinajstić information content (AvgIpc) is 2.27. The summed E-state index contributed by atoms with van der Waals surface area (Å²) < 4.78 is 27.4. The molecular weight excluding hydrogens is 266 g/mol. The van der Waals surface area contributed by atoms with Gasteiger partial charge in [-0.1, -0.05) is 24.3 Å². The maximum absolute atomic E-state index is 11.2. The summed E-state index contributed by atoms with van der Waals surface area (Å²) in [4.78, 5) is 3.99. The normalized spacial score (nSPS) is 11.2. The van der Waals surface area contributed by atoms with Gasteiger partial charge in [0.05, 0.1) is 11.9 Å². The lowest BCUT2D eigenvalue weighted by atomic mass is 10.1. The lowest BCUT2D eigenvalue weighted by molar-refractivity contribution is 0.495. The predicted molar refractivity (Wildman–Crippen MR) is 74.9 cm³/mol. The topological polar surface area (TPSA) is 108 Å². The second kappa shape index (κ2) is 4.77. The van der Waals surface area contributed by atoms with Gasteiger partial charge in [-0.15, -0.1) is 0 Å². The summed E-state index contributed by atoms with van der Waals surface area (Å²) in [5.41, 5.74) is 11.3. The highest BCUT2D eigenvalue weighted by molar-refractivity contribution is 7.86. The first-order valence-electron chi connectivity index (χ1n) is 5.37. The lowest BCUT2D eigenvalue weighted by Crippen LogP contribution is -2.21. The second-order valence-electron chi connectivity index (χ2n) is 3.95. The van der Waals surface area contributed by atoms with Gasteiger partial charge in [-0.25, -0.2) is 4.99 Å². The number of benzene rings is 2. The van der Waals surface area contributed by atoms with Gasteiger partial charge in [0.25, 0.3) is 0 Å². The predicted octanol–water partition coefficient (Wildman–Crippen LogP) is 1.08. The zero-order chi connectivity index (χ0) is 14.0. The average molecular weight is 279 g/mol. The number of aliphatic imine (C=N–C) groups is 1. The first-order valence-corrected chi connectivity index (χ1v) is 7.19. The van der Waals surface area contributed by atoms with E-state index < -0.39 is 10.1 Å². The molecule has 2 rings (SSSR count). The quantitative estimate of drug-likeness (QED) is 0.496. The van der Waals surface area contributed by atoms with Crippen molar-refractivity contribution in [1.82, 2.24) is 0 Å². The molecule has 0 aliphatic heterocycles. The molecule has 0 aromatic heterocycles. The van der Waals surface area contributed by atoms with E-state index in [9.17, 15) is 8.42 Å². The van der Waals surface area contributed by atoms with Crippen LogP contribution in [0.2, 0.25) is 0 Å². The molecule has 0 amide bonds. The minimum Gasteiger partial charge on any atom is -0.382 e. The fourth-order valence-electron chi connectivity index (χ4n) is 1.74. The summed E-state index contributed by atoms with van der Waals surface area (Å²) in [5.74, 6) is 0.176. The Kier molecular flexibility index (Phi) is 3.30. The molecule has 2 aromatic rings. The molecule has 0 aliphatic rings. The Balaban J connectivity index is 2.67. The van der Waals surface area contributed by atoms with Crippen LogP contribution < -0.4 is 15.7 Å². The van der Waals surface area contributed by atoms with Gasteiger partial charge >= 0.3 is 10.1 Å². The number of hydrogen-bond acceptors (Lipinski definition) is 4. The summed E-state index contributed by atoms with van der Waals surface area (Å²) in [6.07, 6.45) is 0.992. The van der Waals surface area contributed by atoms with Gasteiger partial charge < -0.3 is 15.7 Å². The molecular formula is C12H13N3O3S. The smallest absolute Gasteiger partial charge is 0.306 e. The molecule has 7 heteroatoms. The molecule has 0 atom stereocenters. The minimum absolute atomic E-state index is 0.0677. The van der Waals surface area contributed by atoms with Gasteiger partial charge in [0.2, 0.25) is 0 Å². The number of rotatable bonds is 3. The van der Waals surface area contributed by atoms with Gasteiger partial charge in [-0.3, -0.25) is 0 Å². The number of fused-ring (bicyclic) bond motifs is 1. The van der Waals surface area contributed by atoms with Crippen LogP contribution in [0.5, 0.6) is 5.75 Å². The van der Waals surface area contributed by atoms with E-state index in [-0.39, 0.29) is 11.7 Å². The molecule has 0 aliphatic carbocycles. The Morgan fingerprint density at radius 3 is 2.37 bits per heavy atom. The molecule has 0 saturated heterocycles. The van der Waals surface area contributed by atoms with Crippen LogP contribution in [0.3, 0.4) is 0 Å². The van der Waals surface area contributed by atoms with Crippen molar-refractivity contribution in [2.24, 2.45) is 16.5 Å². The Labute approximate surface area is 110 Å². The summed E-state index contributed by atoms with van der Waals surface area (Å²) in [6, 6.07) is 10.2. The van der Waals surface area contributed by atoms with Crippen molar-refractivity contribution in [1.29, 1.82) is 0 Å². The third kappa shape index (κ3) is 3.14. The van der Waals surface area contributed by atoms with E-state index in [0.717, 1.165) is 6.26 Å². The van der Waals surface area contributed by atoms with Crippen molar-refractivity contribution < 1.29 is 12.6 Å². The summed E-state index contributed by atoms with van der Waals surface area (Å²) in [6.45, 7) is 0. The van der Waals surface area contributed by atoms with Gasteiger partial charge in [0, 0.05) is 10.8 Å². The molecule has 0 saturated carbocycles. The highest BCUT2D eigenvalue weighted by Crippen LogP contribution is 2.32. The number of hydrogen-bond donors (Lipinski definition) is 2. The van der Waals surface area contributed by atoms with Crippen LogP contribution in [0, 0.1) is 0 Å². The van der Waals surface area contributed by atoms with E-state index in [4.69, 9.17) is 15.7 Å². The first-order chi connectivity index (χ1) is 8.87. The van der Waals surface area contributed by atoms with E-state index in [1.54, 1.807) is 36.4 Å². The van der Waals surface area contributed by atoms with Crippen LogP contribution >= 0.6 is 0 Å². The molecule has 0 bridgehead atoms. The second-order valence-corrected chi connectivity index (χ2v) is 5.53. The van der Waals surface area contributed by atoms with E-state index in [1.165, 1.54) is 0 Å². The van der Waals surface area contributed by atoms with Crippen molar-refractivity contribution >= 4 is 32.5 Å². The lowest BCUT2D eigenvalue weighted by Gasteiger charge is -2.08. The van der Waals surface area contributed by atoms with Crippen LogP contribution in [0.15, 0.2) is 41.4 Å². The van der Waals surface area contributed by atoms with Crippen molar-refractivity contribution in [3.05, 3.63) is 36.4 Å². The van der Waals surface area contributed by atoms with Gasteiger partial charge in [-0.05, 0) is 12.1 Å². The third-order valence-corrected chi connectivity index (χ3v) is 2.83. The van der Waals surface area contributed by atoms with Crippen LogP contribution in [0.1, 0.15) is 0 Å². The third-order valence-electron chi connectivity index (χ3n) is 2.35. The molecule has 6 nitrogen and oxygen atoms in total. The van der Waals surface area contributed by atoms with Crippen LogP contribution in [-0.4, -0.2) is 20.6 Å². The monoisotopic (exact) mass is 279 g/mol. The highest BCUT2D eigenvalue weighted by atomic mass is 32.2. The standard InChI is InChI=1S/C12H13N3O3S/c1-19(16,17)18-11-7-3-4-8-9(11)5-2-6-10(8)15-12(13)14/h2-7H,1H3,(H4,13,14,15). The van der Waals surface area contributed by atoms with Gasteiger partial charge in [-0.2, -0.15) is 8.42 Å². The van der Waals surface area contributed by atoms with Crippen molar-refractivity contribution in [3.8, 4) is 5.75 Å². The molecule has 0 fully saturated rings. The van der Waals surface area contributed by atoms with Crippen LogP contribution in [0.25, 0.3) is 10.8 Å². The summed E-state index contributed by atoms with van der Waals surface area (Å²) in [7, 11) is -3.59. The zero-order valence-electron chi connectivity index (χ0n) is 10.2. The maximum Gasteiger partial charge on any atom is 0.306 e. The summed E-state index contributed by atoms with van der Waals surface area (Å²) >= 11 is 0. The fourth-order valence-corrected chi connectivity index (χ4v) is 2.21. The van der Waals surface area contributed by atoms with Crippen molar-refractivity contribution in [2.45, 2.75) is 0 Å². The molecule has 0 spiro atoms. The van der Waals surface area contributed by atoms with Crippen LogP contribution in [-0.2, 0) is 10.1 Å². The Morgan fingerprint density at radius 1 is 1.11 bits per heavy atom. The molecule has 100 valence electrons. The summed E-state index contributed by atoms with van der Waals surface area (Å²) in [5, 5.41) is 1.33. The molecule has 0 radical (unpaired) electrons. The molecule has 19 heavy (non-hydrogen) atoms. The molecule has 0 unspecified atom stereocenters. The maximum atomic E-state index is 11.2. The minimum atomic E-state index is -3.59. The van der Waals surface area contributed by atoms with Crippen molar-refractivity contribution in [3.63, 3.8) is 0 Å². The Morgan fingerprint density at radius 2 is 1.74 bits per heavy atom. The zero-order valence-corrected chi connectivity index (χ0v) is 11.0. The van der Waals surface area contributed by atoms with E-state index in [1.807, 2.05) is 0 Å². The largest absolute Gasteiger partial charge is 0.382 e. The van der Waals surface area contributed by atoms with Crippen molar-refractivity contribution in [2.75, 3.05) is 6.26 Å². The molecule has 2 aromatic carbocycles. The molecule has 4 N–H and O–H groups in total. The fraction of sp³-hybridized carbons (Fsp3) is 0.0833. The Bertz CT molecular complexity index is 750. The number of guanidine groups is 1. The van der Waals surface area contributed by atoms with Gasteiger partial charge in [0.15, 0.2) is 5.96 Å². The SMILES string of the molecule is CS(=O)(=O)Oc1cccc2c(N=C(N)N)cccc12. The van der Waals surface area contributed by atoms with Gasteiger partial charge in [0.1, 0.15) is 5.75 Å². The van der Waals surface area contributed by atoms with E-state index in [0.29, 0.717) is 16.5 Å². The highest BCUT2D eigenvalue weighted by Gasteiger charge is 2.10. The first kappa shape index (κ1) is 13.2. The van der Waals surface area contributed by atoms with E-state index >= 15 is 0 Å².